The van der Waals surface area contributed by atoms with Gasteiger partial charge in [-0.15, -0.1) is 0 Å². The number of hydrogen-bond acceptors (Lipinski definition) is 2. The summed E-state index contributed by atoms with van der Waals surface area (Å²) < 4.78 is 0. The number of aliphatic hydroxyl groups excluding tert-OH is 1. The van der Waals surface area contributed by atoms with E-state index in [-0.39, 0.29) is 18.6 Å². The summed E-state index contributed by atoms with van der Waals surface area (Å²) in [4.78, 5) is 11.5. The average Bonchev–Trinajstić information content (AvgIpc) is 2.17. The van der Waals surface area contributed by atoms with Gasteiger partial charge in [0.2, 0.25) is 5.91 Å². The molecular weight excluding hydrogens is 258 g/mol. The van der Waals surface area contributed by atoms with E-state index in [0.29, 0.717) is 18.8 Å². The molecule has 3 nitrogen and oxygen atoms in total. The Morgan fingerprint density at radius 3 is 2.53 bits per heavy atom. The molecule has 0 saturated carbocycles. The minimum atomic E-state index is 0.100. The lowest BCUT2D eigenvalue weighted by Gasteiger charge is -2.21. The van der Waals surface area contributed by atoms with Crippen LogP contribution >= 0.6 is 15.9 Å². The molecule has 0 aliphatic rings. The monoisotopic (exact) mass is 279 g/mol. The molecule has 0 aromatic carbocycles. The topological polar surface area (TPSA) is 49.3 Å². The third kappa shape index (κ3) is 7.79. The van der Waals surface area contributed by atoms with E-state index in [1.807, 2.05) is 0 Å². The van der Waals surface area contributed by atoms with E-state index in [9.17, 15) is 4.79 Å². The molecule has 15 heavy (non-hydrogen) atoms. The predicted molar refractivity (Wildman–Crippen MR) is 66.1 cm³/mol. The van der Waals surface area contributed by atoms with E-state index >= 15 is 0 Å². The lowest BCUT2D eigenvalue weighted by molar-refractivity contribution is -0.122. The zero-order valence-corrected chi connectivity index (χ0v) is 11.2. The van der Waals surface area contributed by atoms with E-state index in [4.69, 9.17) is 5.11 Å². The number of halogens is 1. The maximum absolute atomic E-state index is 11.5. The van der Waals surface area contributed by atoms with E-state index in [2.05, 4.69) is 35.1 Å². The van der Waals surface area contributed by atoms with Crippen LogP contribution in [-0.4, -0.2) is 29.0 Å². The summed E-state index contributed by atoms with van der Waals surface area (Å²) in [5.41, 5.74) is 0. The summed E-state index contributed by atoms with van der Waals surface area (Å²) in [6.07, 6.45) is 3.17. The molecule has 1 unspecified atom stereocenters. The fourth-order valence-corrected chi connectivity index (χ4v) is 1.77. The van der Waals surface area contributed by atoms with Crippen LogP contribution in [0, 0.1) is 5.92 Å². The molecule has 0 heterocycles. The van der Waals surface area contributed by atoms with Crippen molar-refractivity contribution in [1.29, 1.82) is 0 Å². The largest absolute Gasteiger partial charge is 0.396 e. The molecule has 90 valence electrons. The second-order valence-corrected chi connectivity index (χ2v) is 4.87. The Bertz CT molecular complexity index is 174. The summed E-state index contributed by atoms with van der Waals surface area (Å²) in [5.74, 6) is 0.473. The van der Waals surface area contributed by atoms with Crippen molar-refractivity contribution in [3.8, 4) is 0 Å². The second-order valence-electron chi connectivity index (χ2n) is 4.08. The fraction of sp³-hybridized carbons (Fsp3) is 0.909. The Labute approximate surface area is 101 Å². The van der Waals surface area contributed by atoms with Crippen LogP contribution in [0.5, 0.6) is 0 Å². The van der Waals surface area contributed by atoms with Gasteiger partial charge in [-0.1, -0.05) is 29.8 Å². The van der Waals surface area contributed by atoms with Crippen molar-refractivity contribution in [3.05, 3.63) is 0 Å². The third-order valence-electron chi connectivity index (χ3n) is 2.38. The highest BCUT2D eigenvalue weighted by molar-refractivity contribution is 9.09. The smallest absolute Gasteiger partial charge is 0.220 e. The van der Waals surface area contributed by atoms with Crippen molar-refractivity contribution in [2.24, 2.45) is 5.92 Å². The molecule has 0 bridgehead atoms. The lowest BCUT2D eigenvalue weighted by Crippen LogP contribution is -2.39. The number of unbranched alkanes of at least 4 members (excludes halogenated alkanes) is 1. The molecule has 0 radical (unpaired) electrons. The van der Waals surface area contributed by atoms with E-state index < -0.39 is 0 Å². The van der Waals surface area contributed by atoms with Crippen molar-refractivity contribution < 1.29 is 9.90 Å². The third-order valence-corrected chi connectivity index (χ3v) is 2.94. The van der Waals surface area contributed by atoms with Crippen LogP contribution < -0.4 is 5.32 Å². The van der Waals surface area contributed by atoms with Gasteiger partial charge in [0.25, 0.3) is 0 Å². The highest BCUT2D eigenvalue weighted by atomic mass is 79.9. The van der Waals surface area contributed by atoms with Gasteiger partial charge in [0.05, 0.1) is 0 Å². The van der Waals surface area contributed by atoms with Gasteiger partial charge in [0.1, 0.15) is 0 Å². The van der Waals surface area contributed by atoms with Crippen LogP contribution in [-0.2, 0) is 4.79 Å². The Hall–Kier alpha value is -0.0900. The summed E-state index contributed by atoms with van der Waals surface area (Å²) >= 11 is 3.33. The first-order chi connectivity index (χ1) is 7.11. The van der Waals surface area contributed by atoms with E-state index in [1.54, 1.807) is 0 Å². The van der Waals surface area contributed by atoms with Gasteiger partial charge in [-0.05, 0) is 25.2 Å². The SMILES string of the molecule is CC(C)C(CCO)NC(=O)CCCCBr. The van der Waals surface area contributed by atoms with Crippen LogP contribution in [0.15, 0.2) is 0 Å². The lowest BCUT2D eigenvalue weighted by atomic mass is 10.0. The number of amides is 1. The summed E-state index contributed by atoms with van der Waals surface area (Å²) in [6.45, 7) is 4.24. The van der Waals surface area contributed by atoms with Gasteiger partial charge in [0, 0.05) is 24.4 Å². The summed E-state index contributed by atoms with van der Waals surface area (Å²) in [7, 11) is 0. The highest BCUT2D eigenvalue weighted by Crippen LogP contribution is 2.06. The standard InChI is InChI=1S/C11H22BrNO2/c1-9(2)10(6-8-14)13-11(15)5-3-4-7-12/h9-10,14H,3-8H2,1-2H3,(H,13,15). The maximum Gasteiger partial charge on any atom is 0.220 e. The molecular formula is C11H22BrNO2. The van der Waals surface area contributed by atoms with E-state index in [1.165, 1.54) is 0 Å². The Morgan fingerprint density at radius 1 is 1.40 bits per heavy atom. The molecule has 0 aliphatic carbocycles. The Morgan fingerprint density at radius 2 is 2.07 bits per heavy atom. The molecule has 0 aromatic heterocycles. The highest BCUT2D eigenvalue weighted by Gasteiger charge is 2.14. The first-order valence-corrected chi connectivity index (χ1v) is 6.70. The van der Waals surface area contributed by atoms with Crippen LogP contribution in [0.2, 0.25) is 0 Å². The molecule has 0 saturated heterocycles. The molecule has 1 atom stereocenters. The van der Waals surface area contributed by atoms with Crippen LogP contribution in [0.25, 0.3) is 0 Å². The predicted octanol–water partition coefficient (Wildman–Crippen LogP) is 2.07. The molecule has 0 aliphatic heterocycles. The van der Waals surface area contributed by atoms with Crippen molar-refractivity contribution in [1.82, 2.24) is 5.32 Å². The van der Waals surface area contributed by atoms with Crippen molar-refractivity contribution in [2.75, 3.05) is 11.9 Å². The van der Waals surface area contributed by atoms with Crippen LogP contribution in [0.4, 0.5) is 0 Å². The second kappa shape index (κ2) is 9.16. The zero-order valence-electron chi connectivity index (χ0n) is 9.63. The van der Waals surface area contributed by atoms with Crippen LogP contribution in [0.3, 0.4) is 0 Å². The minimum Gasteiger partial charge on any atom is -0.396 e. The molecule has 4 heteroatoms. The fourth-order valence-electron chi connectivity index (χ4n) is 1.37. The molecule has 1 amide bonds. The Kier molecular flexibility index (Phi) is 9.10. The van der Waals surface area contributed by atoms with Crippen molar-refractivity contribution >= 4 is 21.8 Å². The van der Waals surface area contributed by atoms with Gasteiger partial charge in [0.15, 0.2) is 0 Å². The number of rotatable bonds is 8. The number of carbonyl (C=O) groups is 1. The number of carbonyl (C=O) groups excluding carboxylic acids is 1. The van der Waals surface area contributed by atoms with E-state index in [0.717, 1.165) is 18.2 Å². The van der Waals surface area contributed by atoms with Gasteiger partial charge in [-0.25, -0.2) is 0 Å². The normalized spacial score (nSPS) is 12.9. The summed E-state index contributed by atoms with van der Waals surface area (Å²) in [6, 6.07) is 0.103. The number of aliphatic hydroxyl groups is 1. The van der Waals surface area contributed by atoms with Crippen molar-refractivity contribution in [2.45, 2.75) is 45.6 Å². The molecule has 0 aromatic rings. The number of alkyl halides is 1. The quantitative estimate of drug-likeness (QED) is 0.528. The molecule has 0 rings (SSSR count). The molecule has 0 fully saturated rings. The average molecular weight is 280 g/mol. The molecule has 0 spiro atoms. The van der Waals surface area contributed by atoms with Gasteiger partial charge >= 0.3 is 0 Å². The number of nitrogens with one attached hydrogen (secondary N) is 1. The van der Waals surface area contributed by atoms with Gasteiger partial charge in [-0.3, -0.25) is 4.79 Å². The number of hydrogen-bond donors (Lipinski definition) is 2. The summed E-state index contributed by atoms with van der Waals surface area (Å²) in [5, 5.41) is 12.8. The minimum absolute atomic E-state index is 0.100. The van der Waals surface area contributed by atoms with Crippen LogP contribution in [0.1, 0.15) is 39.5 Å². The first kappa shape index (κ1) is 14.9. The van der Waals surface area contributed by atoms with Gasteiger partial charge < -0.3 is 10.4 Å². The van der Waals surface area contributed by atoms with Crippen molar-refractivity contribution in [3.63, 3.8) is 0 Å². The maximum atomic E-state index is 11.5. The Balaban J connectivity index is 3.78. The first-order valence-electron chi connectivity index (χ1n) is 5.58. The molecule has 2 N–H and O–H groups in total. The van der Waals surface area contributed by atoms with Gasteiger partial charge in [-0.2, -0.15) is 0 Å². The zero-order chi connectivity index (χ0) is 11.7.